The second kappa shape index (κ2) is 9.59. The van der Waals surface area contributed by atoms with Crippen molar-refractivity contribution in [3.05, 3.63) is 72.6 Å². The third-order valence-corrected chi connectivity index (χ3v) is 3.94. The summed E-state index contributed by atoms with van der Waals surface area (Å²) in [5.41, 5.74) is 2.56. The monoisotopic (exact) mass is 391 g/mol. The molecule has 0 spiro atoms. The predicted molar refractivity (Wildman–Crippen MR) is 115 cm³/mol. The average molecular weight is 391 g/mol. The minimum absolute atomic E-state index is 0.0998. The Kier molecular flexibility index (Phi) is 6.68. The smallest absolute Gasteiger partial charge is 0.274 e. The number of nitrogens with zero attached hydrogens (tertiary/aromatic N) is 1. The number of benzene rings is 2. The predicted octanol–water partition coefficient (Wildman–Crippen LogP) is 5.26. The molecule has 0 saturated carbocycles. The lowest BCUT2D eigenvalue weighted by molar-refractivity contribution is 0.102. The second-order valence-electron chi connectivity index (χ2n) is 6.63. The summed E-state index contributed by atoms with van der Waals surface area (Å²) in [6, 6.07) is 18.4. The Morgan fingerprint density at radius 2 is 1.79 bits per heavy atom. The van der Waals surface area contributed by atoms with E-state index >= 15 is 0 Å². The van der Waals surface area contributed by atoms with E-state index in [1.807, 2.05) is 57.2 Å². The Bertz CT molecular complexity index is 956. The van der Waals surface area contributed by atoms with Crippen molar-refractivity contribution in [2.75, 3.05) is 17.2 Å². The zero-order valence-corrected chi connectivity index (χ0v) is 16.8. The number of para-hydroxylation sites is 2. The van der Waals surface area contributed by atoms with Gasteiger partial charge in [-0.1, -0.05) is 12.1 Å². The maximum Gasteiger partial charge on any atom is 0.274 e. The van der Waals surface area contributed by atoms with Gasteiger partial charge in [-0.15, -0.1) is 0 Å². The van der Waals surface area contributed by atoms with Crippen molar-refractivity contribution in [1.29, 1.82) is 0 Å². The fraction of sp³-hybridized carbons (Fsp3) is 0.217. The van der Waals surface area contributed by atoms with Crippen LogP contribution in [0.4, 0.5) is 17.1 Å². The fourth-order valence-electron chi connectivity index (χ4n) is 2.72. The molecule has 1 amide bonds. The van der Waals surface area contributed by atoms with Crippen LogP contribution >= 0.6 is 0 Å². The van der Waals surface area contributed by atoms with Crippen LogP contribution in [0.3, 0.4) is 0 Å². The topological polar surface area (TPSA) is 72.5 Å². The Hall–Kier alpha value is -3.54. The van der Waals surface area contributed by atoms with E-state index < -0.39 is 0 Å². The molecule has 2 aromatic carbocycles. The number of amides is 1. The molecule has 2 N–H and O–H groups in total. The lowest BCUT2D eigenvalue weighted by Crippen LogP contribution is -2.14. The first-order chi connectivity index (χ1) is 14.0. The summed E-state index contributed by atoms with van der Waals surface area (Å²) in [4.78, 5) is 16.8. The average Bonchev–Trinajstić information content (AvgIpc) is 2.71. The van der Waals surface area contributed by atoms with Gasteiger partial charge in [0.1, 0.15) is 17.2 Å². The molecular formula is C23H25N3O3. The largest absolute Gasteiger partial charge is 0.492 e. The number of carbonyl (C=O) groups excluding carboxylic acids is 1. The molecular weight excluding hydrogens is 366 g/mol. The maximum absolute atomic E-state index is 12.6. The fourth-order valence-corrected chi connectivity index (χ4v) is 2.72. The van der Waals surface area contributed by atoms with Crippen LogP contribution in [0.5, 0.6) is 11.5 Å². The van der Waals surface area contributed by atoms with Gasteiger partial charge in [0.2, 0.25) is 0 Å². The van der Waals surface area contributed by atoms with Crippen LogP contribution in [0, 0.1) is 0 Å². The number of carbonyl (C=O) groups is 1. The SMILES string of the molecule is CCOc1ccccc1Nc1ccnc(C(=O)Nc2ccc(OC(C)C)cc2)c1. The normalized spacial score (nSPS) is 10.5. The summed E-state index contributed by atoms with van der Waals surface area (Å²) in [5.74, 6) is 1.22. The molecule has 0 saturated heterocycles. The third kappa shape index (κ3) is 5.72. The van der Waals surface area contributed by atoms with Crippen molar-refractivity contribution in [2.45, 2.75) is 26.9 Å². The van der Waals surface area contributed by atoms with Gasteiger partial charge < -0.3 is 20.1 Å². The highest BCUT2D eigenvalue weighted by Crippen LogP contribution is 2.27. The van der Waals surface area contributed by atoms with E-state index in [9.17, 15) is 4.79 Å². The second-order valence-corrected chi connectivity index (χ2v) is 6.63. The van der Waals surface area contributed by atoms with Gasteiger partial charge in [0.05, 0.1) is 18.4 Å². The van der Waals surface area contributed by atoms with Crippen molar-refractivity contribution in [3.63, 3.8) is 0 Å². The van der Waals surface area contributed by atoms with Gasteiger partial charge in [0.15, 0.2) is 0 Å². The van der Waals surface area contributed by atoms with Crippen molar-refractivity contribution in [1.82, 2.24) is 4.98 Å². The van der Waals surface area contributed by atoms with E-state index in [0.29, 0.717) is 18.0 Å². The number of ether oxygens (including phenoxy) is 2. The van der Waals surface area contributed by atoms with Gasteiger partial charge in [-0.2, -0.15) is 0 Å². The van der Waals surface area contributed by atoms with E-state index in [0.717, 1.165) is 22.9 Å². The Morgan fingerprint density at radius 3 is 2.52 bits per heavy atom. The van der Waals surface area contributed by atoms with Gasteiger partial charge >= 0.3 is 0 Å². The van der Waals surface area contributed by atoms with Gasteiger partial charge in [0.25, 0.3) is 5.91 Å². The van der Waals surface area contributed by atoms with Gasteiger partial charge in [-0.25, -0.2) is 0 Å². The summed E-state index contributed by atoms with van der Waals surface area (Å²) in [7, 11) is 0. The van der Waals surface area contributed by atoms with Crippen molar-refractivity contribution >= 4 is 23.0 Å². The van der Waals surface area contributed by atoms with Crippen LogP contribution in [0.2, 0.25) is 0 Å². The lowest BCUT2D eigenvalue weighted by Gasteiger charge is -2.13. The summed E-state index contributed by atoms with van der Waals surface area (Å²) >= 11 is 0. The van der Waals surface area contributed by atoms with Crippen LogP contribution in [0.25, 0.3) is 0 Å². The molecule has 0 aliphatic rings. The molecule has 0 radical (unpaired) electrons. The molecule has 6 heteroatoms. The molecule has 0 aliphatic heterocycles. The molecule has 1 heterocycles. The lowest BCUT2D eigenvalue weighted by atomic mass is 10.2. The minimum atomic E-state index is -0.288. The highest BCUT2D eigenvalue weighted by molar-refractivity contribution is 6.03. The summed E-state index contributed by atoms with van der Waals surface area (Å²) in [5, 5.41) is 6.13. The van der Waals surface area contributed by atoms with E-state index in [1.54, 1.807) is 30.5 Å². The molecule has 3 aromatic rings. The number of rotatable bonds is 8. The van der Waals surface area contributed by atoms with E-state index in [-0.39, 0.29) is 12.0 Å². The highest BCUT2D eigenvalue weighted by Gasteiger charge is 2.10. The van der Waals surface area contributed by atoms with E-state index in [2.05, 4.69) is 15.6 Å². The molecule has 0 aliphatic carbocycles. The number of anilines is 3. The highest BCUT2D eigenvalue weighted by atomic mass is 16.5. The van der Waals surface area contributed by atoms with Crippen molar-refractivity contribution in [2.24, 2.45) is 0 Å². The first-order valence-corrected chi connectivity index (χ1v) is 9.58. The van der Waals surface area contributed by atoms with Gasteiger partial charge in [-0.3, -0.25) is 9.78 Å². The Morgan fingerprint density at radius 1 is 1.03 bits per heavy atom. The molecule has 1 aromatic heterocycles. The molecule has 0 fully saturated rings. The molecule has 0 bridgehead atoms. The third-order valence-electron chi connectivity index (χ3n) is 3.94. The van der Waals surface area contributed by atoms with E-state index in [4.69, 9.17) is 9.47 Å². The number of hydrogen-bond donors (Lipinski definition) is 2. The quantitative estimate of drug-likeness (QED) is 0.548. The number of pyridine rings is 1. The number of hydrogen-bond acceptors (Lipinski definition) is 5. The summed E-state index contributed by atoms with van der Waals surface area (Å²) in [6.45, 7) is 6.45. The van der Waals surface area contributed by atoms with Crippen LogP contribution < -0.4 is 20.1 Å². The summed E-state index contributed by atoms with van der Waals surface area (Å²) in [6.07, 6.45) is 1.70. The first-order valence-electron chi connectivity index (χ1n) is 9.58. The van der Waals surface area contributed by atoms with Crippen LogP contribution in [0.1, 0.15) is 31.3 Å². The zero-order valence-electron chi connectivity index (χ0n) is 16.8. The maximum atomic E-state index is 12.6. The van der Waals surface area contributed by atoms with Gasteiger partial charge in [-0.05, 0) is 69.3 Å². The van der Waals surface area contributed by atoms with Gasteiger partial charge in [0, 0.05) is 17.6 Å². The van der Waals surface area contributed by atoms with Crippen LogP contribution in [-0.2, 0) is 0 Å². The van der Waals surface area contributed by atoms with Crippen molar-refractivity contribution in [3.8, 4) is 11.5 Å². The van der Waals surface area contributed by atoms with Crippen LogP contribution in [-0.4, -0.2) is 23.6 Å². The molecule has 0 unspecified atom stereocenters. The molecule has 29 heavy (non-hydrogen) atoms. The minimum Gasteiger partial charge on any atom is -0.492 e. The number of nitrogens with one attached hydrogen (secondary N) is 2. The molecule has 6 nitrogen and oxygen atoms in total. The number of aromatic nitrogens is 1. The standard InChI is InChI=1S/C23H25N3O3/c1-4-28-22-8-6-5-7-20(22)25-18-13-14-24-21(15-18)23(27)26-17-9-11-19(12-10-17)29-16(2)3/h5-16H,4H2,1-3H3,(H,24,25)(H,26,27). The zero-order chi connectivity index (χ0) is 20.6. The molecule has 150 valence electrons. The molecule has 3 rings (SSSR count). The van der Waals surface area contributed by atoms with Crippen LogP contribution in [0.15, 0.2) is 66.9 Å². The summed E-state index contributed by atoms with van der Waals surface area (Å²) < 4.78 is 11.2. The molecule has 0 atom stereocenters. The van der Waals surface area contributed by atoms with Crippen molar-refractivity contribution < 1.29 is 14.3 Å². The Balaban J connectivity index is 1.70. The first kappa shape index (κ1) is 20.2. The van der Waals surface area contributed by atoms with E-state index in [1.165, 1.54) is 0 Å². The Labute approximate surface area is 170 Å².